The quantitative estimate of drug-likeness (QED) is 0.449. The fourth-order valence-electron chi connectivity index (χ4n) is 3.27. The van der Waals surface area contributed by atoms with Crippen molar-refractivity contribution in [3.63, 3.8) is 0 Å². The zero-order valence-electron chi connectivity index (χ0n) is 17.3. The summed E-state index contributed by atoms with van der Waals surface area (Å²) < 4.78 is 11.7. The molecule has 0 saturated carbocycles. The molecular weight excluding hydrogens is 430 g/mol. The minimum atomic E-state index is -0.556. The van der Waals surface area contributed by atoms with E-state index in [0.717, 1.165) is 11.3 Å². The van der Waals surface area contributed by atoms with Crippen LogP contribution in [0.2, 0.25) is 0 Å². The number of carbonyl (C=O) groups excluding carboxylic acids is 2. The number of esters is 1. The Kier molecular flexibility index (Phi) is 6.00. The summed E-state index contributed by atoms with van der Waals surface area (Å²) in [4.78, 5) is 42.3. The standard InChI is InChI=1S/C23H19N3O5S/c1-3-31-22(29)17-13-32-23(24-17)25-20(27)16-12-26(18-10-6-7-11-19(18)30-2)21(28)15-9-5-4-8-14(15)16/h4-13H,3H2,1-2H3,(H,24,25,27). The van der Waals surface area contributed by atoms with E-state index in [1.807, 2.05) is 0 Å². The van der Waals surface area contributed by atoms with Gasteiger partial charge in [-0.15, -0.1) is 11.3 Å². The molecule has 0 fully saturated rings. The highest BCUT2D eigenvalue weighted by atomic mass is 32.1. The van der Waals surface area contributed by atoms with Crippen molar-refractivity contribution in [2.24, 2.45) is 0 Å². The lowest BCUT2D eigenvalue weighted by Gasteiger charge is -2.14. The van der Waals surface area contributed by atoms with Crippen LogP contribution in [0, 0.1) is 0 Å². The number of fused-ring (bicyclic) bond motifs is 1. The molecule has 0 aliphatic carbocycles. The molecule has 2 aromatic heterocycles. The smallest absolute Gasteiger partial charge is 0.357 e. The normalized spacial score (nSPS) is 10.7. The van der Waals surface area contributed by atoms with E-state index in [9.17, 15) is 14.4 Å². The minimum Gasteiger partial charge on any atom is -0.495 e. The Morgan fingerprint density at radius 2 is 1.81 bits per heavy atom. The van der Waals surface area contributed by atoms with Gasteiger partial charge in [0.25, 0.3) is 11.5 Å². The van der Waals surface area contributed by atoms with Gasteiger partial charge >= 0.3 is 5.97 Å². The Balaban J connectivity index is 1.79. The van der Waals surface area contributed by atoms with Crippen LogP contribution in [0.5, 0.6) is 5.75 Å². The van der Waals surface area contributed by atoms with Gasteiger partial charge in [-0.3, -0.25) is 19.5 Å². The van der Waals surface area contributed by atoms with Gasteiger partial charge in [-0.25, -0.2) is 9.78 Å². The van der Waals surface area contributed by atoms with Crippen molar-refractivity contribution < 1.29 is 19.1 Å². The average molecular weight is 449 g/mol. The van der Waals surface area contributed by atoms with Gasteiger partial charge in [0.1, 0.15) is 5.75 Å². The summed E-state index contributed by atoms with van der Waals surface area (Å²) in [5.74, 6) is -0.524. The van der Waals surface area contributed by atoms with Crippen molar-refractivity contribution in [3.8, 4) is 11.4 Å². The molecule has 32 heavy (non-hydrogen) atoms. The number of aromatic nitrogens is 2. The second-order valence-corrected chi connectivity index (χ2v) is 7.51. The Morgan fingerprint density at radius 3 is 2.56 bits per heavy atom. The number of nitrogens with zero attached hydrogens (tertiary/aromatic N) is 2. The number of thiazole rings is 1. The van der Waals surface area contributed by atoms with E-state index in [1.54, 1.807) is 55.5 Å². The Bertz CT molecular complexity index is 1380. The molecule has 0 atom stereocenters. The lowest BCUT2D eigenvalue weighted by atomic mass is 10.1. The molecule has 0 saturated heterocycles. The number of benzene rings is 2. The van der Waals surface area contributed by atoms with Crippen molar-refractivity contribution in [1.82, 2.24) is 9.55 Å². The zero-order valence-corrected chi connectivity index (χ0v) is 18.1. The van der Waals surface area contributed by atoms with Crippen molar-refractivity contribution >= 4 is 39.1 Å². The van der Waals surface area contributed by atoms with Crippen molar-refractivity contribution in [1.29, 1.82) is 0 Å². The van der Waals surface area contributed by atoms with Crippen molar-refractivity contribution in [2.75, 3.05) is 19.0 Å². The van der Waals surface area contributed by atoms with Gasteiger partial charge in [0.15, 0.2) is 10.8 Å². The highest BCUT2D eigenvalue weighted by Crippen LogP contribution is 2.25. The third-order valence-corrected chi connectivity index (χ3v) is 5.48. The fraction of sp³-hybridized carbons (Fsp3) is 0.130. The number of nitrogens with one attached hydrogen (secondary N) is 1. The predicted octanol–water partition coefficient (Wildman–Crippen LogP) is 3.88. The van der Waals surface area contributed by atoms with Gasteiger partial charge in [-0.05, 0) is 25.1 Å². The van der Waals surface area contributed by atoms with E-state index in [1.165, 1.54) is 23.3 Å². The molecule has 1 amide bonds. The lowest BCUT2D eigenvalue weighted by molar-refractivity contribution is 0.0520. The highest BCUT2D eigenvalue weighted by Gasteiger charge is 2.19. The second-order valence-electron chi connectivity index (χ2n) is 6.65. The summed E-state index contributed by atoms with van der Waals surface area (Å²) in [5.41, 5.74) is 0.633. The van der Waals surface area contributed by atoms with Crippen LogP contribution in [-0.4, -0.2) is 35.1 Å². The summed E-state index contributed by atoms with van der Waals surface area (Å²) in [5, 5.41) is 5.36. The summed E-state index contributed by atoms with van der Waals surface area (Å²) in [6, 6.07) is 13.9. The maximum Gasteiger partial charge on any atom is 0.357 e. The number of hydrogen-bond donors (Lipinski definition) is 1. The van der Waals surface area contributed by atoms with E-state index in [-0.39, 0.29) is 28.6 Å². The number of para-hydroxylation sites is 2. The largest absolute Gasteiger partial charge is 0.495 e. The molecule has 8 nitrogen and oxygen atoms in total. The fourth-order valence-corrected chi connectivity index (χ4v) is 3.95. The van der Waals surface area contributed by atoms with Crippen LogP contribution in [-0.2, 0) is 4.74 Å². The first-order valence-corrected chi connectivity index (χ1v) is 10.6. The van der Waals surface area contributed by atoms with Crippen LogP contribution >= 0.6 is 11.3 Å². The van der Waals surface area contributed by atoms with Gasteiger partial charge < -0.3 is 9.47 Å². The van der Waals surface area contributed by atoms with Gasteiger partial charge in [0.05, 0.1) is 25.0 Å². The molecular formula is C23H19N3O5S. The third-order valence-electron chi connectivity index (χ3n) is 4.72. The van der Waals surface area contributed by atoms with E-state index in [0.29, 0.717) is 22.2 Å². The second kappa shape index (κ2) is 9.03. The van der Waals surface area contributed by atoms with Gasteiger partial charge in [-0.1, -0.05) is 30.3 Å². The molecule has 9 heteroatoms. The lowest BCUT2D eigenvalue weighted by Crippen LogP contribution is -2.23. The van der Waals surface area contributed by atoms with Gasteiger partial charge in [-0.2, -0.15) is 0 Å². The molecule has 0 bridgehead atoms. The molecule has 0 radical (unpaired) electrons. The zero-order chi connectivity index (χ0) is 22.7. The molecule has 4 aromatic rings. The molecule has 2 heterocycles. The molecule has 0 unspecified atom stereocenters. The van der Waals surface area contributed by atoms with Crippen LogP contribution in [0.25, 0.3) is 16.5 Å². The Morgan fingerprint density at radius 1 is 1.09 bits per heavy atom. The molecule has 0 aliphatic heterocycles. The Labute approximate surface area is 187 Å². The van der Waals surface area contributed by atoms with Crippen molar-refractivity contribution in [2.45, 2.75) is 6.92 Å². The van der Waals surface area contributed by atoms with Crippen LogP contribution in [0.1, 0.15) is 27.8 Å². The number of rotatable bonds is 6. The summed E-state index contributed by atoms with van der Waals surface area (Å²) in [7, 11) is 1.52. The average Bonchev–Trinajstić information content (AvgIpc) is 3.28. The first kappa shape index (κ1) is 21.3. The summed E-state index contributed by atoms with van der Waals surface area (Å²) in [6.45, 7) is 1.93. The molecule has 0 spiro atoms. The molecule has 1 N–H and O–H groups in total. The highest BCUT2D eigenvalue weighted by molar-refractivity contribution is 7.14. The van der Waals surface area contributed by atoms with Crippen LogP contribution in [0.3, 0.4) is 0 Å². The van der Waals surface area contributed by atoms with Crippen molar-refractivity contribution in [3.05, 3.63) is 81.7 Å². The number of ether oxygens (including phenoxy) is 2. The van der Waals surface area contributed by atoms with E-state index in [4.69, 9.17) is 9.47 Å². The molecule has 0 aliphatic rings. The first-order valence-electron chi connectivity index (χ1n) is 9.75. The molecule has 162 valence electrons. The maximum absolute atomic E-state index is 13.2. The monoisotopic (exact) mass is 449 g/mol. The van der Waals surface area contributed by atoms with E-state index >= 15 is 0 Å². The first-order chi connectivity index (χ1) is 15.5. The SMILES string of the molecule is CCOC(=O)c1csc(NC(=O)c2cn(-c3ccccc3OC)c(=O)c3ccccc23)n1. The number of pyridine rings is 1. The Hall–Kier alpha value is -3.98. The number of methoxy groups -OCH3 is 1. The van der Waals surface area contributed by atoms with Crippen LogP contribution < -0.4 is 15.6 Å². The number of amides is 1. The number of carbonyl (C=O) groups is 2. The minimum absolute atomic E-state index is 0.121. The number of hydrogen-bond acceptors (Lipinski definition) is 7. The van der Waals surface area contributed by atoms with Crippen LogP contribution in [0.4, 0.5) is 5.13 Å². The predicted molar refractivity (Wildman–Crippen MR) is 122 cm³/mol. The molecule has 4 rings (SSSR count). The third kappa shape index (κ3) is 3.97. The van der Waals surface area contributed by atoms with Crippen LogP contribution in [0.15, 0.2) is 64.9 Å². The summed E-state index contributed by atoms with van der Waals surface area (Å²) >= 11 is 1.11. The topological polar surface area (TPSA) is 99.5 Å². The van der Waals surface area contributed by atoms with Gasteiger partial charge in [0.2, 0.25) is 0 Å². The molecule has 2 aromatic carbocycles. The number of anilines is 1. The maximum atomic E-state index is 13.2. The van der Waals surface area contributed by atoms with E-state index in [2.05, 4.69) is 10.3 Å². The van der Waals surface area contributed by atoms with E-state index < -0.39 is 11.9 Å². The summed E-state index contributed by atoms with van der Waals surface area (Å²) in [6.07, 6.45) is 1.48. The van der Waals surface area contributed by atoms with Gasteiger partial charge in [0, 0.05) is 22.3 Å².